The second-order valence-corrected chi connectivity index (χ2v) is 5.63. The van der Waals surface area contributed by atoms with Gasteiger partial charge in [0.25, 0.3) is 5.56 Å². The van der Waals surface area contributed by atoms with E-state index in [4.69, 9.17) is 10.5 Å². The smallest absolute Gasteiger partial charge is 0.255 e. The highest BCUT2D eigenvalue weighted by molar-refractivity contribution is 5.73. The Kier molecular flexibility index (Phi) is 4.66. The summed E-state index contributed by atoms with van der Waals surface area (Å²) in [5.41, 5.74) is 9.23. The van der Waals surface area contributed by atoms with E-state index in [1.165, 1.54) is 10.6 Å². The van der Waals surface area contributed by atoms with Crippen molar-refractivity contribution in [2.45, 2.75) is 0 Å². The number of nitrogen functional groups attached to an aromatic ring is 1. The van der Waals surface area contributed by atoms with E-state index in [9.17, 15) is 4.79 Å². The zero-order chi connectivity index (χ0) is 17.8. The van der Waals surface area contributed by atoms with Gasteiger partial charge >= 0.3 is 0 Å². The van der Waals surface area contributed by atoms with Crippen LogP contribution in [0.15, 0.2) is 59.4 Å². The molecule has 0 bridgehead atoms. The molecule has 25 heavy (non-hydrogen) atoms. The highest BCUT2D eigenvalue weighted by Crippen LogP contribution is 2.25. The lowest BCUT2D eigenvalue weighted by Crippen LogP contribution is -2.20. The second-order valence-electron chi connectivity index (χ2n) is 5.63. The van der Waals surface area contributed by atoms with Crippen LogP contribution in [0.4, 0.5) is 5.95 Å². The second kappa shape index (κ2) is 7.05. The third-order valence-electron chi connectivity index (χ3n) is 3.93. The standard InChI is InChI=1S/C20H19N3O2/c1-23-19(24)13-17(22-20(23)21)10-9-14-5-3-6-15(11-14)16-7-4-8-18(12-16)25-2/h3-13H,1-2H3,(H2,21,22)/b10-9-. The number of aromatic nitrogens is 2. The molecule has 0 spiro atoms. The fourth-order valence-electron chi connectivity index (χ4n) is 2.47. The summed E-state index contributed by atoms with van der Waals surface area (Å²) in [6.07, 6.45) is 3.69. The molecule has 5 heteroatoms. The molecule has 0 aliphatic carbocycles. The fraction of sp³-hybridized carbons (Fsp3) is 0.100. The SMILES string of the molecule is COc1cccc(-c2cccc(/C=C\c3cc(=O)n(C)c(N)n3)c2)c1. The summed E-state index contributed by atoms with van der Waals surface area (Å²) >= 11 is 0. The van der Waals surface area contributed by atoms with Gasteiger partial charge in [-0.2, -0.15) is 0 Å². The van der Waals surface area contributed by atoms with Crippen molar-refractivity contribution in [3.05, 3.63) is 76.2 Å². The Labute approximate surface area is 146 Å². The van der Waals surface area contributed by atoms with Gasteiger partial charge in [-0.1, -0.05) is 36.4 Å². The van der Waals surface area contributed by atoms with Gasteiger partial charge in [0.15, 0.2) is 0 Å². The van der Waals surface area contributed by atoms with E-state index < -0.39 is 0 Å². The predicted octanol–water partition coefficient (Wildman–Crippen LogP) is 3.21. The first-order valence-electron chi connectivity index (χ1n) is 7.83. The quantitative estimate of drug-likeness (QED) is 0.796. The normalized spacial score (nSPS) is 11.0. The predicted molar refractivity (Wildman–Crippen MR) is 101 cm³/mol. The van der Waals surface area contributed by atoms with Gasteiger partial charge in [-0.05, 0) is 41.0 Å². The Morgan fingerprint density at radius 2 is 1.76 bits per heavy atom. The monoisotopic (exact) mass is 333 g/mol. The Morgan fingerprint density at radius 3 is 2.48 bits per heavy atom. The minimum absolute atomic E-state index is 0.183. The van der Waals surface area contributed by atoms with Crippen LogP contribution in [0.3, 0.4) is 0 Å². The van der Waals surface area contributed by atoms with Crippen LogP contribution in [0, 0.1) is 0 Å². The van der Waals surface area contributed by atoms with Crippen LogP contribution >= 0.6 is 0 Å². The molecule has 0 aliphatic heterocycles. The molecule has 0 fully saturated rings. The van der Waals surface area contributed by atoms with Gasteiger partial charge < -0.3 is 10.5 Å². The number of hydrogen-bond acceptors (Lipinski definition) is 4. The van der Waals surface area contributed by atoms with E-state index in [1.807, 2.05) is 48.5 Å². The van der Waals surface area contributed by atoms with Crippen LogP contribution in [0.25, 0.3) is 23.3 Å². The van der Waals surface area contributed by atoms with Crippen LogP contribution in [-0.2, 0) is 7.05 Å². The minimum atomic E-state index is -0.183. The molecule has 5 nitrogen and oxygen atoms in total. The van der Waals surface area contributed by atoms with Crippen molar-refractivity contribution < 1.29 is 4.74 Å². The number of methoxy groups -OCH3 is 1. The van der Waals surface area contributed by atoms with Gasteiger partial charge in [-0.15, -0.1) is 0 Å². The van der Waals surface area contributed by atoms with Gasteiger partial charge in [0, 0.05) is 13.1 Å². The van der Waals surface area contributed by atoms with E-state index in [1.54, 1.807) is 20.2 Å². The van der Waals surface area contributed by atoms with Gasteiger partial charge in [-0.25, -0.2) is 4.98 Å². The summed E-state index contributed by atoms with van der Waals surface area (Å²) in [4.78, 5) is 16.0. The van der Waals surface area contributed by atoms with E-state index in [2.05, 4.69) is 11.1 Å². The molecule has 3 rings (SSSR count). The number of nitrogens with two attached hydrogens (primary N) is 1. The first kappa shape index (κ1) is 16.5. The van der Waals surface area contributed by atoms with Crippen molar-refractivity contribution >= 4 is 18.1 Å². The Hall–Kier alpha value is -3.34. The molecule has 2 N–H and O–H groups in total. The lowest BCUT2D eigenvalue weighted by molar-refractivity contribution is 0.415. The average Bonchev–Trinajstić information content (AvgIpc) is 2.64. The zero-order valence-corrected chi connectivity index (χ0v) is 14.1. The van der Waals surface area contributed by atoms with Crippen molar-refractivity contribution in [1.29, 1.82) is 0 Å². The largest absolute Gasteiger partial charge is 0.497 e. The van der Waals surface area contributed by atoms with Crippen LogP contribution in [0.5, 0.6) is 5.75 Å². The molecular formula is C20H19N3O2. The van der Waals surface area contributed by atoms with Gasteiger partial charge in [-0.3, -0.25) is 9.36 Å². The minimum Gasteiger partial charge on any atom is -0.497 e. The number of anilines is 1. The van der Waals surface area contributed by atoms with Crippen molar-refractivity contribution in [1.82, 2.24) is 9.55 Å². The molecule has 1 aromatic heterocycles. The van der Waals surface area contributed by atoms with Crippen molar-refractivity contribution in [2.24, 2.45) is 7.05 Å². The first-order chi connectivity index (χ1) is 12.1. The lowest BCUT2D eigenvalue weighted by atomic mass is 10.0. The fourth-order valence-corrected chi connectivity index (χ4v) is 2.47. The van der Waals surface area contributed by atoms with Crippen LogP contribution in [-0.4, -0.2) is 16.7 Å². The van der Waals surface area contributed by atoms with Crippen LogP contribution < -0.4 is 16.0 Å². The maximum Gasteiger partial charge on any atom is 0.255 e. The molecule has 3 aromatic rings. The molecule has 0 aliphatic rings. The summed E-state index contributed by atoms with van der Waals surface area (Å²) in [6.45, 7) is 0. The van der Waals surface area contributed by atoms with Crippen LogP contribution in [0.2, 0.25) is 0 Å². The van der Waals surface area contributed by atoms with Gasteiger partial charge in [0.2, 0.25) is 5.95 Å². The molecule has 0 unspecified atom stereocenters. The summed E-state index contributed by atoms with van der Waals surface area (Å²) < 4.78 is 6.58. The molecule has 0 amide bonds. The Balaban J connectivity index is 1.90. The maximum absolute atomic E-state index is 11.8. The molecular weight excluding hydrogens is 314 g/mol. The first-order valence-corrected chi connectivity index (χ1v) is 7.83. The number of benzene rings is 2. The van der Waals surface area contributed by atoms with E-state index in [-0.39, 0.29) is 11.5 Å². The number of nitrogens with zero attached hydrogens (tertiary/aromatic N) is 2. The summed E-state index contributed by atoms with van der Waals surface area (Å²) in [5.74, 6) is 1.01. The topological polar surface area (TPSA) is 70.1 Å². The summed E-state index contributed by atoms with van der Waals surface area (Å²) in [5, 5.41) is 0. The van der Waals surface area contributed by atoms with Crippen molar-refractivity contribution in [2.75, 3.05) is 12.8 Å². The molecule has 1 heterocycles. The van der Waals surface area contributed by atoms with Crippen molar-refractivity contribution in [3.8, 4) is 16.9 Å². The molecule has 0 radical (unpaired) electrons. The highest BCUT2D eigenvalue weighted by atomic mass is 16.5. The molecule has 2 aromatic carbocycles. The third kappa shape index (κ3) is 3.77. The van der Waals surface area contributed by atoms with Crippen LogP contribution in [0.1, 0.15) is 11.3 Å². The summed E-state index contributed by atoms with van der Waals surface area (Å²) in [6, 6.07) is 17.4. The number of hydrogen-bond donors (Lipinski definition) is 1. The zero-order valence-electron chi connectivity index (χ0n) is 14.1. The Morgan fingerprint density at radius 1 is 1.04 bits per heavy atom. The molecule has 0 saturated carbocycles. The lowest BCUT2D eigenvalue weighted by Gasteiger charge is -2.06. The van der Waals surface area contributed by atoms with E-state index in [0.29, 0.717) is 5.69 Å². The number of ether oxygens (including phenoxy) is 1. The Bertz CT molecular complexity index is 990. The van der Waals surface area contributed by atoms with Gasteiger partial charge in [0.05, 0.1) is 12.8 Å². The molecule has 0 atom stereocenters. The summed E-state index contributed by atoms with van der Waals surface area (Å²) in [7, 11) is 3.25. The van der Waals surface area contributed by atoms with Crippen molar-refractivity contribution in [3.63, 3.8) is 0 Å². The van der Waals surface area contributed by atoms with E-state index >= 15 is 0 Å². The van der Waals surface area contributed by atoms with Gasteiger partial charge in [0.1, 0.15) is 5.75 Å². The highest BCUT2D eigenvalue weighted by Gasteiger charge is 2.02. The average molecular weight is 333 g/mol. The third-order valence-corrected chi connectivity index (χ3v) is 3.93. The van der Waals surface area contributed by atoms with E-state index in [0.717, 1.165) is 22.4 Å². The number of rotatable bonds is 4. The maximum atomic E-state index is 11.8. The molecule has 0 saturated heterocycles. The molecule has 126 valence electrons.